The summed E-state index contributed by atoms with van der Waals surface area (Å²) in [6.45, 7) is 5.63. The van der Waals surface area contributed by atoms with Crippen LogP contribution in [0.4, 0.5) is 0 Å². The van der Waals surface area contributed by atoms with Crippen molar-refractivity contribution in [3.63, 3.8) is 0 Å². The fourth-order valence-electron chi connectivity index (χ4n) is 1.85. The van der Waals surface area contributed by atoms with Gasteiger partial charge in [0.05, 0.1) is 11.5 Å². The van der Waals surface area contributed by atoms with E-state index in [9.17, 15) is 13.5 Å². The van der Waals surface area contributed by atoms with Crippen molar-refractivity contribution >= 4 is 10.0 Å². The highest BCUT2D eigenvalue weighted by Gasteiger charge is 2.23. The quantitative estimate of drug-likeness (QED) is 0.830. The summed E-state index contributed by atoms with van der Waals surface area (Å²) in [5, 5.41) is 9.19. The predicted octanol–water partition coefficient (Wildman–Crippen LogP) is 1.89. The van der Waals surface area contributed by atoms with Gasteiger partial charge in [0.25, 0.3) is 0 Å². The molecule has 0 aromatic heterocycles. The minimum Gasteiger partial charge on any atom is -0.392 e. The number of hydrogen-bond acceptors (Lipinski definition) is 3. The highest BCUT2D eigenvalue weighted by atomic mass is 32.2. The van der Waals surface area contributed by atoms with Gasteiger partial charge in [0.2, 0.25) is 10.0 Å². The Morgan fingerprint density at radius 1 is 1.28 bits per heavy atom. The summed E-state index contributed by atoms with van der Waals surface area (Å²) >= 11 is 0. The van der Waals surface area contributed by atoms with Crippen molar-refractivity contribution in [1.29, 1.82) is 0 Å². The third-order valence-electron chi connectivity index (χ3n) is 2.98. The number of sulfonamides is 1. The van der Waals surface area contributed by atoms with Gasteiger partial charge in [-0.3, -0.25) is 0 Å². The van der Waals surface area contributed by atoms with Gasteiger partial charge in [-0.25, -0.2) is 13.1 Å². The van der Waals surface area contributed by atoms with E-state index < -0.39 is 10.0 Å². The van der Waals surface area contributed by atoms with Crippen LogP contribution in [0.25, 0.3) is 0 Å². The fraction of sp³-hybridized carbons (Fsp3) is 0.538. The lowest BCUT2D eigenvalue weighted by Crippen LogP contribution is -2.38. The second-order valence-electron chi connectivity index (χ2n) is 4.65. The Kier molecular flexibility index (Phi) is 5.31. The van der Waals surface area contributed by atoms with Crippen LogP contribution >= 0.6 is 0 Å². The maximum absolute atomic E-state index is 12.3. The van der Waals surface area contributed by atoms with E-state index in [1.165, 1.54) is 6.07 Å². The highest BCUT2D eigenvalue weighted by molar-refractivity contribution is 7.89. The average molecular weight is 271 g/mol. The molecule has 1 unspecified atom stereocenters. The number of hydrogen-bond donors (Lipinski definition) is 2. The first kappa shape index (κ1) is 15.1. The number of rotatable bonds is 6. The molecule has 18 heavy (non-hydrogen) atoms. The molecule has 0 fully saturated rings. The summed E-state index contributed by atoms with van der Waals surface area (Å²) in [6, 6.07) is 6.40. The molecule has 0 bridgehead atoms. The summed E-state index contributed by atoms with van der Waals surface area (Å²) in [5.41, 5.74) is 0.420. The Morgan fingerprint density at radius 3 is 2.39 bits per heavy atom. The molecule has 2 N–H and O–H groups in total. The monoisotopic (exact) mass is 271 g/mol. The average Bonchev–Trinajstić information content (AvgIpc) is 2.35. The number of aliphatic hydroxyl groups is 1. The molecule has 102 valence electrons. The van der Waals surface area contributed by atoms with Crippen LogP contribution in [0, 0.1) is 5.92 Å². The molecule has 0 aliphatic rings. The van der Waals surface area contributed by atoms with Gasteiger partial charge in [0.15, 0.2) is 0 Å². The van der Waals surface area contributed by atoms with Crippen LogP contribution in [0.2, 0.25) is 0 Å². The molecule has 0 heterocycles. The SMILES string of the molecule is CCC(NS(=O)(=O)c1ccccc1CO)C(C)C. The summed E-state index contributed by atoms with van der Waals surface area (Å²) in [4.78, 5) is 0.159. The zero-order chi connectivity index (χ0) is 13.8. The van der Waals surface area contributed by atoms with Gasteiger partial charge in [-0.05, 0) is 24.0 Å². The molecular formula is C13H21NO3S. The van der Waals surface area contributed by atoms with Crippen molar-refractivity contribution in [2.24, 2.45) is 5.92 Å². The topological polar surface area (TPSA) is 66.4 Å². The second kappa shape index (κ2) is 6.31. The van der Waals surface area contributed by atoms with E-state index in [2.05, 4.69) is 4.72 Å². The van der Waals surface area contributed by atoms with E-state index in [0.717, 1.165) is 6.42 Å². The zero-order valence-electron chi connectivity index (χ0n) is 11.1. The number of benzene rings is 1. The van der Waals surface area contributed by atoms with Gasteiger partial charge in [-0.15, -0.1) is 0 Å². The van der Waals surface area contributed by atoms with E-state index in [1.807, 2.05) is 20.8 Å². The van der Waals surface area contributed by atoms with Gasteiger partial charge in [0, 0.05) is 6.04 Å². The zero-order valence-corrected chi connectivity index (χ0v) is 11.9. The van der Waals surface area contributed by atoms with Crippen LogP contribution in [0.5, 0.6) is 0 Å². The Hall–Kier alpha value is -0.910. The van der Waals surface area contributed by atoms with E-state index in [1.54, 1.807) is 18.2 Å². The van der Waals surface area contributed by atoms with Crippen molar-refractivity contribution in [1.82, 2.24) is 4.72 Å². The van der Waals surface area contributed by atoms with Crippen LogP contribution in [-0.4, -0.2) is 19.6 Å². The molecule has 0 saturated heterocycles. The van der Waals surface area contributed by atoms with Gasteiger partial charge in [0.1, 0.15) is 0 Å². The lowest BCUT2D eigenvalue weighted by atomic mass is 10.0. The molecule has 1 rings (SSSR count). The van der Waals surface area contributed by atoms with Crippen molar-refractivity contribution in [3.8, 4) is 0 Å². The maximum atomic E-state index is 12.3. The Balaban J connectivity index is 3.06. The largest absolute Gasteiger partial charge is 0.392 e. The molecular weight excluding hydrogens is 250 g/mol. The van der Waals surface area contributed by atoms with Crippen LogP contribution in [-0.2, 0) is 16.6 Å². The first-order chi connectivity index (χ1) is 8.42. The first-order valence-corrected chi connectivity index (χ1v) is 7.61. The van der Waals surface area contributed by atoms with Crippen LogP contribution < -0.4 is 4.72 Å². The molecule has 1 aromatic rings. The Bertz CT molecular complexity index is 483. The third kappa shape index (κ3) is 3.54. The van der Waals surface area contributed by atoms with Gasteiger partial charge >= 0.3 is 0 Å². The van der Waals surface area contributed by atoms with E-state index in [4.69, 9.17) is 0 Å². The van der Waals surface area contributed by atoms with E-state index >= 15 is 0 Å². The van der Waals surface area contributed by atoms with Gasteiger partial charge in [-0.2, -0.15) is 0 Å². The normalized spacial score (nSPS) is 13.8. The molecule has 1 atom stereocenters. The summed E-state index contributed by atoms with van der Waals surface area (Å²) in [6.07, 6.45) is 0.734. The Labute approximate surface area is 109 Å². The van der Waals surface area contributed by atoms with Crippen LogP contribution in [0.3, 0.4) is 0 Å². The van der Waals surface area contributed by atoms with Crippen LogP contribution in [0.15, 0.2) is 29.2 Å². The van der Waals surface area contributed by atoms with Crippen molar-refractivity contribution in [3.05, 3.63) is 29.8 Å². The molecule has 5 heteroatoms. The van der Waals surface area contributed by atoms with Gasteiger partial charge < -0.3 is 5.11 Å². The maximum Gasteiger partial charge on any atom is 0.241 e. The summed E-state index contributed by atoms with van der Waals surface area (Å²) in [7, 11) is -3.57. The third-order valence-corrected chi connectivity index (χ3v) is 4.57. The van der Waals surface area contributed by atoms with E-state index in [-0.39, 0.29) is 23.5 Å². The molecule has 0 saturated carbocycles. The molecule has 0 spiro atoms. The molecule has 4 nitrogen and oxygen atoms in total. The fourth-order valence-corrected chi connectivity index (χ4v) is 3.55. The molecule has 0 aliphatic carbocycles. The van der Waals surface area contributed by atoms with E-state index in [0.29, 0.717) is 5.56 Å². The molecule has 1 aromatic carbocycles. The molecule has 0 radical (unpaired) electrons. The van der Waals surface area contributed by atoms with Crippen LogP contribution in [0.1, 0.15) is 32.8 Å². The van der Waals surface area contributed by atoms with Gasteiger partial charge in [-0.1, -0.05) is 39.0 Å². The smallest absolute Gasteiger partial charge is 0.241 e. The minimum atomic E-state index is -3.57. The Morgan fingerprint density at radius 2 is 1.89 bits per heavy atom. The standard InChI is InChI=1S/C13H21NO3S/c1-4-12(10(2)3)14-18(16,17)13-8-6-5-7-11(13)9-15/h5-8,10,12,14-15H,4,9H2,1-3H3. The highest BCUT2D eigenvalue weighted by Crippen LogP contribution is 2.17. The lowest BCUT2D eigenvalue weighted by molar-refractivity contribution is 0.278. The minimum absolute atomic E-state index is 0.0956. The molecule has 0 amide bonds. The summed E-state index contributed by atoms with van der Waals surface area (Å²) in [5.74, 6) is 0.228. The molecule has 0 aliphatic heterocycles. The summed E-state index contributed by atoms with van der Waals surface area (Å²) < 4.78 is 27.2. The van der Waals surface area contributed by atoms with Crippen molar-refractivity contribution in [2.45, 2.75) is 44.7 Å². The van der Waals surface area contributed by atoms with Crippen molar-refractivity contribution in [2.75, 3.05) is 0 Å². The first-order valence-electron chi connectivity index (χ1n) is 6.13. The lowest BCUT2D eigenvalue weighted by Gasteiger charge is -2.21. The van der Waals surface area contributed by atoms with Crippen molar-refractivity contribution < 1.29 is 13.5 Å². The number of aliphatic hydroxyl groups excluding tert-OH is 1. The second-order valence-corrected chi connectivity index (χ2v) is 6.33. The predicted molar refractivity (Wildman–Crippen MR) is 71.6 cm³/mol. The number of nitrogens with one attached hydrogen (secondary N) is 1.